The number of hydrogen-bond acceptors (Lipinski definition) is 5. The van der Waals surface area contributed by atoms with Gasteiger partial charge in [-0.15, -0.1) is 0 Å². The molecule has 8 heteroatoms. The monoisotopic (exact) mass is 457 g/mol. The minimum Gasteiger partial charge on any atom is -0.457 e. The first-order valence-electron chi connectivity index (χ1n) is 9.02. The van der Waals surface area contributed by atoms with Gasteiger partial charge in [-0.1, -0.05) is 41.4 Å². The van der Waals surface area contributed by atoms with E-state index in [9.17, 15) is 4.79 Å². The molecule has 4 rings (SSSR count). The minimum absolute atomic E-state index is 0.160. The average molecular weight is 458 g/mol. The van der Waals surface area contributed by atoms with Crippen molar-refractivity contribution >= 4 is 57.8 Å². The number of amides is 1. The van der Waals surface area contributed by atoms with Crippen molar-refractivity contribution in [1.82, 2.24) is 10.0 Å². The van der Waals surface area contributed by atoms with Crippen LogP contribution in [0.1, 0.15) is 5.76 Å². The maximum absolute atomic E-state index is 13.0. The van der Waals surface area contributed by atoms with Crippen LogP contribution in [0.25, 0.3) is 17.4 Å². The smallest absolute Gasteiger partial charge is 0.281 e. The van der Waals surface area contributed by atoms with Crippen LogP contribution in [-0.2, 0) is 4.79 Å². The first-order chi connectivity index (χ1) is 14.4. The summed E-state index contributed by atoms with van der Waals surface area (Å²) in [6, 6.07) is 18.5. The molecule has 1 aliphatic rings. The van der Waals surface area contributed by atoms with E-state index in [0.29, 0.717) is 31.6 Å². The predicted molar refractivity (Wildman–Crippen MR) is 124 cm³/mol. The number of rotatable bonds is 4. The lowest BCUT2D eigenvalue weighted by Crippen LogP contribution is -2.40. The molecule has 1 fully saturated rings. The molecule has 0 atom stereocenters. The molecule has 0 saturated carbocycles. The predicted octanol–water partition coefficient (Wildman–Crippen LogP) is 6.33. The van der Waals surface area contributed by atoms with Crippen molar-refractivity contribution in [3.05, 3.63) is 81.4 Å². The Kier molecular flexibility index (Phi) is 6.01. The molecule has 1 aliphatic heterocycles. The van der Waals surface area contributed by atoms with Crippen LogP contribution in [0, 0.1) is 0 Å². The van der Waals surface area contributed by atoms with Crippen LogP contribution >= 0.6 is 35.0 Å². The standard InChI is InChI=1S/C22H17Cl2N3O2S/c1-26(2)27-21(28)20(30-22(27)25-15-6-4-3-5-7-15)13-16-9-11-19(29-16)14-8-10-17(23)18(24)12-14/h3-13H,1-2H3. The van der Waals surface area contributed by atoms with Gasteiger partial charge in [-0.25, -0.2) is 15.0 Å². The number of carbonyl (C=O) groups excluding carboxylic acids is 1. The van der Waals surface area contributed by atoms with E-state index < -0.39 is 0 Å². The molecule has 0 unspecified atom stereocenters. The summed E-state index contributed by atoms with van der Waals surface area (Å²) >= 11 is 13.4. The third-order valence-electron chi connectivity index (χ3n) is 4.27. The topological polar surface area (TPSA) is 49.0 Å². The van der Waals surface area contributed by atoms with Crippen molar-refractivity contribution < 1.29 is 9.21 Å². The Bertz CT molecular complexity index is 1160. The third kappa shape index (κ3) is 4.32. The normalized spacial score (nSPS) is 17.0. The minimum atomic E-state index is -0.160. The van der Waals surface area contributed by atoms with Crippen molar-refractivity contribution in [1.29, 1.82) is 0 Å². The summed E-state index contributed by atoms with van der Waals surface area (Å²) in [6.45, 7) is 0. The molecule has 0 spiro atoms. The van der Waals surface area contributed by atoms with Crippen molar-refractivity contribution in [3.63, 3.8) is 0 Å². The van der Waals surface area contributed by atoms with Gasteiger partial charge >= 0.3 is 0 Å². The number of amidine groups is 1. The van der Waals surface area contributed by atoms with E-state index in [4.69, 9.17) is 27.6 Å². The number of furan rings is 1. The molecular formula is C22H17Cl2N3O2S. The molecule has 0 radical (unpaired) electrons. The lowest BCUT2D eigenvalue weighted by molar-refractivity contribution is -0.130. The van der Waals surface area contributed by atoms with Gasteiger partial charge in [-0.05, 0) is 54.2 Å². The Balaban J connectivity index is 1.64. The zero-order valence-electron chi connectivity index (χ0n) is 16.2. The number of aliphatic imine (C=N–C) groups is 1. The lowest BCUT2D eigenvalue weighted by Gasteiger charge is -2.22. The molecule has 0 bridgehead atoms. The van der Waals surface area contributed by atoms with E-state index in [1.165, 1.54) is 16.8 Å². The molecule has 30 heavy (non-hydrogen) atoms. The van der Waals surface area contributed by atoms with Gasteiger partial charge in [-0.3, -0.25) is 4.79 Å². The van der Waals surface area contributed by atoms with Crippen LogP contribution in [0.5, 0.6) is 0 Å². The van der Waals surface area contributed by atoms with E-state index in [1.54, 1.807) is 37.3 Å². The number of nitrogens with zero attached hydrogens (tertiary/aromatic N) is 3. The van der Waals surface area contributed by atoms with Gasteiger partial charge in [0.15, 0.2) is 5.17 Å². The van der Waals surface area contributed by atoms with Gasteiger partial charge in [-0.2, -0.15) is 0 Å². The summed E-state index contributed by atoms with van der Waals surface area (Å²) in [5.41, 5.74) is 1.58. The Morgan fingerprint density at radius 1 is 1.03 bits per heavy atom. The molecule has 2 aromatic carbocycles. The van der Waals surface area contributed by atoms with Crippen LogP contribution in [-0.4, -0.2) is 35.2 Å². The fourth-order valence-corrected chi connectivity index (χ4v) is 4.20. The molecule has 0 N–H and O–H groups in total. The quantitative estimate of drug-likeness (QED) is 0.429. The van der Waals surface area contributed by atoms with Crippen molar-refractivity contribution in [2.24, 2.45) is 4.99 Å². The van der Waals surface area contributed by atoms with Gasteiger partial charge in [0.25, 0.3) is 5.91 Å². The number of thioether (sulfide) groups is 1. The van der Waals surface area contributed by atoms with Crippen molar-refractivity contribution in [2.45, 2.75) is 0 Å². The molecule has 3 aromatic rings. The second-order valence-corrected chi connectivity index (χ2v) is 8.46. The molecule has 2 heterocycles. The highest BCUT2D eigenvalue weighted by Gasteiger charge is 2.35. The van der Waals surface area contributed by atoms with E-state index >= 15 is 0 Å². The van der Waals surface area contributed by atoms with E-state index in [0.717, 1.165) is 11.3 Å². The highest BCUT2D eigenvalue weighted by Crippen LogP contribution is 2.36. The molecule has 1 aromatic heterocycles. The number of benzene rings is 2. The SMILES string of the molecule is CN(C)N1C(=O)C(=Cc2ccc(-c3ccc(Cl)c(Cl)c3)o2)SC1=Nc1ccccc1. The van der Waals surface area contributed by atoms with E-state index in [1.807, 2.05) is 48.5 Å². The Morgan fingerprint density at radius 3 is 2.50 bits per heavy atom. The van der Waals surface area contributed by atoms with Crippen LogP contribution in [0.3, 0.4) is 0 Å². The highest BCUT2D eigenvalue weighted by atomic mass is 35.5. The number of hydrazine groups is 1. The second-order valence-electron chi connectivity index (χ2n) is 6.64. The summed E-state index contributed by atoms with van der Waals surface area (Å²) in [5.74, 6) is 1.04. The summed E-state index contributed by atoms with van der Waals surface area (Å²) in [5, 5.41) is 4.76. The van der Waals surface area contributed by atoms with Gasteiger partial charge in [0.2, 0.25) is 0 Å². The number of halogens is 2. The van der Waals surface area contributed by atoms with Crippen LogP contribution in [0.2, 0.25) is 10.0 Å². The fraction of sp³-hybridized carbons (Fsp3) is 0.0909. The zero-order valence-corrected chi connectivity index (χ0v) is 18.5. The summed E-state index contributed by atoms with van der Waals surface area (Å²) in [4.78, 5) is 18.1. The van der Waals surface area contributed by atoms with Gasteiger partial charge in [0.05, 0.1) is 20.6 Å². The first kappa shape index (κ1) is 20.8. The van der Waals surface area contributed by atoms with Crippen molar-refractivity contribution in [2.75, 3.05) is 14.1 Å². The molecule has 0 aliphatic carbocycles. The maximum Gasteiger partial charge on any atom is 0.281 e. The van der Waals surface area contributed by atoms with E-state index in [2.05, 4.69) is 4.99 Å². The molecule has 1 saturated heterocycles. The molecular weight excluding hydrogens is 441 g/mol. The molecule has 152 valence electrons. The van der Waals surface area contributed by atoms with Crippen LogP contribution < -0.4 is 0 Å². The van der Waals surface area contributed by atoms with Gasteiger partial charge in [0.1, 0.15) is 11.5 Å². The Labute approximate surface area is 188 Å². The highest BCUT2D eigenvalue weighted by molar-refractivity contribution is 8.18. The maximum atomic E-state index is 13.0. The summed E-state index contributed by atoms with van der Waals surface area (Å²) in [6.07, 6.45) is 1.72. The third-order valence-corrected chi connectivity index (χ3v) is 5.97. The van der Waals surface area contributed by atoms with Gasteiger partial charge in [0, 0.05) is 25.7 Å². The Hall–Kier alpha value is -2.51. The van der Waals surface area contributed by atoms with Crippen molar-refractivity contribution in [3.8, 4) is 11.3 Å². The average Bonchev–Trinajstić information content (AvgIpc) is 3.30. The van der Waals surface area contributed by atoms with E-state index in [-0.39, 0.29) is 5.91 Å². The summed E-state index contributed by atoms with van der Waals surface area (Å²) < 4.78 is 5.91. The number of para-hydroxylation sites is 1. The van der Waals surface area contributed by atoms with Crippen LogP contribution in [0.15, 0.2) is 75.0 Å². The van der Waals surface area contributed by atoms with Crippen LogP contribution in [0.4, 0.5) is 5.69 Å². The fourth-order valence-electron chi connectivity index (χ4n) is 2.87. The zero-order chi connectivity index (χ0) is 21.3. The summed E-state index contributed by atoms with van der Waals surface area (Å²) in [7, 11) is 3.61. The second kappa shape index (κ2) is 8.70. The largest absolute Gasteiger partial charge is 0.457 e. The number of hydrogen-bond donors (Lipinski definition) is 0. The Morgan fingerprint density at radius 2 is 1.80 bits per heavy atom. The number of carbonyl (C=O) groups is 1. The lowest BCUT2D eigenvalue weighted by atomic mass is 10.2. The molecule has 5 nitrogen and oxygen atoms in total. The van der Waals surface area contributed by atoms with Gasteiger partial charge < -0.3 is 4.42 Å². The molecule has 1 amide bonds. The first-order valence-corrected chi connectivity index (χ1v) is 10.6.